The molecule has 0 amide bonds. The van der Waals surface area contributed by atoms with Crippen molar-refractivity contribution in [1.82, 2.24) is 20.2 Å². The number of nitrogens with zero attached hydrogens (tertiary/aromatic N) is 3. The highest BCUT2D eigenvalue weighted by Gasteiger charge is 2.05. The zero-order valence-electron chi connectivity index (χ0n) is 7.86. The zero-order chi connectivity index (χ0) is 10.8. The van der Waals surface area contributed by atoms with E-state index in [4.69, 9.17) is 10.5 Å². The van der Waals surface area contributed by atoms with Crippen LogP contribution in [0.2, 0.25) is 0 Å². The molecular formula is C8H8BrN5O. The molecule has 0 atom stereocenters. The van der Waals surface area contributed by atoms with Crippen LogP contribution in [0.25, 0.3) is 0 Å². The van der Waals surface area contributed by atoms with E-state index < -0.39 is 0 Å². The van der Waals surface area contributed by atoms with Crippen molar-refractivity contribution in [3.63, 3.8) is 0 Å². The Morgan fingerprint density at radius 2 is 2.20 bits per heavy atom. The summed E-state index contributed by atoms with van der Waals surface area (Å²) >= 11 is 3.19. The van der Waals surface area contributed by atoms with Crippen LogP contribution in [0, 0.1) is 6.92 Å². The molecule has 0 aliphatic rings. The Morgan fingerprint density at radius 3 is 2.80 bits per heavy atom. The van der Waals surface area contributed by atoms with Crippen LogP contribution in [0.3, 0.4) is 0 Å². The zero-order valence-corrected chi connectivity index (χ0v) is 9.45. The van der Waals surface area contributed by atoms with Gasteiger partial charge in [0.25, 0.3) is 0 Å². The van der Waals surface area contributed by atoms with Crippen molar-refractivity contribution in [2.75, 3.05) is 5.73 Å². The minimum Gasteiger partial charge on any atom is -0.404 e. The third-order valence-electron chi connectivity index (χ3n) is 1.57. The smallest absolute Gasteiger partial charge is 0.326 e. The molecule has 78 valence electrons. The Morgan fingerprint density at radius 1 is 1.40 bits per heavy atom. The lowest BCUT2D eigenvalue weighted by atomic mass is 10.5. The second-order valence-electron chi connectivity index (χ2n) is 2.89. The first-order valence-electron chi connectivity index (χ1n) is 4.13. The van der Waals surface area contributed by atoms with E-state index in [1.54, 1.807) is 12.1 Å². The van der Waals surface area contributed by atoms with Crippen molar-refractivity contribution in [3.8, 4) is 11.9 Å². The van der Waals surface area contributed by atoms with Crippen LogP contribution in [-0.4, -0.2) is 20.2 Å². The van der Waals surface area contributed by atoms with Gasteiger partial charge in [-0.1, -0.05) is 0 Å². The van der Waals surface area contributed by atoms with Gasteiger partial charge in [-0.2, -0.15) is 9.97 Å². The molecule has 0 saturated carbocycles. The van der Waals surface area contributed by atoms with E-state index in [2.05, 4.69) is 36.1 Å². The first-order valence-corrected chi connectivity index (χ1v) is 4.93. The summed E-state index contributed by atoms with van der Waals surface area (Å²) < 4.78 is 5.85. The minimum absolute atomic E-state index is 0.161. The number of hydrogen-bond acceptors (Lipinski definition) is 5. The maximum atomic E-state index is 5.53. The maximum Gasteiger partial charge on any atom is 0.326 e. The van der Waals surface area contributed by atoms with Crippen molar-refractivity contribution in [2.45, 2.75) is 6.92 Å². The Balaban J connectivity index is 2.24. The van der Waals surface area contributed by atoms with Gasteiger partial charge in [-0.05, 0) is 22.9 Å². The van der Waals surface area contributed by atoms with Crippen LogP contribution in [-0.2, 0) is 0 Å². The summed E-state index contributed by atoms with van der Waals surface area (Å²) in [6, 6.07) is 3.48. The fourth-order valence-corrected chi connectivity index (χ4v) is 1.38. The van der Waals surface area contributed by atoms with Crippen LogP contribution in [0.5, 0.6) is 11.9 Å². The van der Waals surface area contributed by atoms with E-state index in [-0.39, 0.29) is 6.01 Å². The van der Waals surface area contributed by atoms with Gasteiger partial charge in [0.2, 0.25) is 5.88 Å². The van der Waals surface area contributed by atoms with Crippen LogP contribution >= 0.6 is 15.9 Å². The lowest BCUT2D eigenvalue weighted by Gasteiger charge is -2.00. The van der Waals surface area contributed by atoms with E-state index in [1.165, 1.54) is 0 Å². The summed E-state index contributed by atoms with van der Waals surface area (Å²) in [5, 5.41) is 6.63. The van der Waals surface area contributed by atoms with Gasteiger partial charge >= 0.3 is 6.01 Å². The predicted molar refractivity (Wildman–Crippen MR) is 57.5 cm³/mol. The van der Waals surface area contributed by atoms with E-state index in [1.807, 2.05) is 6.92 Å². The largest absolute Gasteiger partial charge is 0.404 e. The molecule has 0 radical (unpaired) electrons. The highest BCUT2D eigenvalue weighted by atomic mass is 79.9. The standard InChI is InChI=1S/C8H8BrN5O/c1-4-2-7(14-13-4)15-8-11-5(9)3-6(10)12-8/h2-3H,1H3,(H,13,14)(H2,10,11,12). The number of anilines is 1. The molecule has 3 N–H and O–H groups in total. The lowest BCUT2D eigenvalue weighted by Crippen LogP contribution is -1.97. The topological polar surface area (TPSA) is 89.7 Å². The number of halogens is 1. The summed E-state index contributed by atoms with van der Waals surface area (Å²) in [7, 11) is 0. The number of hydrogen-bond donors (Lipinski definition) is 2. The third kappa shape index (κ3) is 2.44. The normalized spacial score (nSPS) is 10.3. The molecule has 2 rings (SSSR count). The van der Waals surface area contributed by atoms with E-state index in [9.17, 15) is 0 Å². The van der Waals surface area contributed by atoms with Gasteiger partial charge in [0.15, 0.2) is 0 Å². The second kappa shape index (κ2) is 3.85. The predicted octanol–water partition coefficient (Wildman–Crippen LogP) is 1.65. The fourth-order valence-electron chi connectivity index (χ4n) is 0.998. The Hall–Kier alpha value is -1.63. The van der Waals surface area contributed by atoms with Gasteiger partial charge in [-0.3, -0.25) is 5.10 Å². The van der Waals surface area contributed by atoms with Crippen molar-refractivity contribution in [2.24, 2.45) is 0 Å². The van der Waals surface area contributed by atoms with Gasteiger partial charge in [0.05, 0.1) is 0 Å². The monoisotopic (exact) mass is 269 g/mol. The average Bonchev–Trinajstić information content (AvgIpc) is 2.49. The molecule has 0 aromatic carbocycles. The molecule has 0 fully saturated rings. The maximum absolute atomic E-state index is 5.53. The summed E-state index contributed by atoms with van der Waals surface area (Å²) in [6.45, 7) is 1.87. The summed E-state index contributed by atoms with van der Waals surface area (Å²) in [5.41, 5.74) is 6.43. The molecule has 15 heavy (non-hydrogen) atoms. The Labute approximate surface area is 94.0 Å². The van der Waals surface area contributed by atoms with Crippen LogP contribution in [0.15, 0.2) is 16.7 Å². The number of ether oxygens (including phenoxy) is 1. The number of rotatable bonds is 2. The molecule has 0 spiro atoms. The molecule has 6 nitrogen and oxygen atoms in total. The van der Waals surface area contributed by atoms with Crippen molar-refractivity contribution < 1.29 is 4.74 Å². The highest BCUT2D eigenvalue weighted by Crippen LogP contribution is 2.19. The molecular weight excluding hydrogens is 262 g/mol. The number of aromatic nitrogens is 4. The fraction of sp³-hybridized carbons (Fsp3) is 0.125. The summed E-state index contributed by atoms with van der Waals surface area (Å²) in [5.74, 6) is 0.740. The van der Waals surface area contributed by atoms with E-state index in [0.29, 0.717) is 16.3 Å². The molecule has 0 bridgehead atoms. The number of aryl methyl sites for hydroxylation is 1. The van der Waals surface area contributed by atoms with Gasteiger partial charge in [-0.15, -0.1) is 5.10 Å². The van der Waals surface area contributed by atoms with Crippen LogP contribution < -0.4 is 10.5 Å². The van der Waals surface area contributed by atoms with Gasteiger partial charge in [0, 0.05) is 17.8 Å². The summed E-state index contributed by atoms with van der Waals surface area (Å²) in [4.78, 5) is 7.89. The number of nitrogens with one attached hydrogen (secondary N) is 1. The molecule has 0 aliphatic heterocycles. The number of nitrogens with two attached hydrogens (primary N) is 1. The molecule has 2 aromatic rings. The van der Waals surface area contributed by atoms with Crippen molar-refractivity contribution in [3.05, 3.63) is 22.4 Å². The average molecular weight is 270 g/mol. The van der Waals surface area contributed by atoms with Gasteiger partial charge < -0.3 is 10.5 Å². The third-order valence-corrected chi connectivity index (χ3v) is 1.98. The minimum atomic E-state index is 0.161. The lowest BCUT2D eigenvalue weighted by molar-refractivity contribution is 0.424. The molecule has 7 heteroatoms. The first kappa shape index (κ1) is 9.91. The van der Waals surface area contributed by atoms with Gasteiger partial charge in [-0.25, -0.2) is 0 Å². The number of H-pyrrole nitrogens is 1. The molecule has 0 saturated heterocycles. The Bertz CT molecular complexity index is 463. The van der Waals surface area contributed by atoms with Crippen molar-refractivity contribution >= 4 is 21.7 Å². The first-order chi connectivity index (χ1) is 7.13. The molecule has 0 unspecified atom stereocenters. The van der Waals surface area contributed by atoms with Gasteiger partial charge in [0.1, 0.15) is 10.4 Å². The van der Waals surface area contributed by atoms with Crippen LogP contribution in [0.4, 0.5) is 5.82 Å². The molecule has 2 aromatic heterocycles. The molecule has 2 heterocycles. The van der Waals surface area contributed by atoms with E-state index in [0.717, 1.165) is 5.69 Å². The highest BCUT2D eigenvalue weighted by molar-refractivity contribution is 9.10. The van der Waals surface area contributed by atoms with Crippen LogP contribution in [0.1, 0.15) is 5.69 Å². The summed E-state index contributed by atoms with van der Waals surface area (Å²) in [6.07, 6.45) is 0. The number of aromatic amines is 1. The number of nitrogen functional groups attached to an aromatic ring is 1. The second-order valence-corrected chi connectivity index (χ2v) is 3.70. The molecule has 0 aliphatic carbocycles. The SMILES string of the molecule is Cc1cc(Oc2nc(N)cc(Br)n2)n[nH]1. The van der Waals surface area contributed by atoms with Crippen molar-refractivity contribution in [1.29, 1.82) is 0 Å². The Kier molecular flexibility index (Phi) is 2.55. The quantitative estimate of drug-likeness (QED) is 0.810. The van der Waals surface area contributed by atoms with E-state index >= 15 is 0 Å².